The van der Waals surface area contributed by atoms with Gasteiger partial charge in [-0.25, -0.2) is 4.98 Å². The summed E-state index contributed by atoms with van der Waals surface area (Å²) >= 11 is 0. The Kier molecular flexibility index (Phi) is 1.39. The molecule has 0 aliphatic carbocycles. The summed E-state index contributed by atoms with van der Waals surface area (Å²) in [5.41, 5.74) is 7.93. The van der Waals surface area contributed by atoms with Crippen molar-refractivity contribution in [2.24, 2.45) is 0 Å². The minimum absolute atomic E-state index is 0.759. The molecule has 0 aromatic carbocycles. The van der Waals surface area contributed by atoms with Crippen LogP contribution in [0.3, 0.4) is 0 Å². The SMILES string of the molecule is Cc1cc[nH+]c(N)c1C. The van der Waals surface area contributed by atoms with Gasteiger partial charge >= 0.3 is 0 Å². The van der Waals surface area contributed by atoms with Crippen LogP contribution in [-0.4, -0.2) is 0 Å². The number of hydrogen-bond acceptors (Lipinski definition) is 1. The molecule has 48 valence electrons. The van der Waals surface area contributed by atoms with Gasteiger partial charge in [-0.1, -0.05) is 0 Å². The monoisotopic (exact) mass is 123 g/mol. The van der Waals surface area contributed by atoms with Crippen molar-refractivity contribution in [3.63, 3.8) is 0 Å². The van der Waals surface area contributed by atoms with E-state index in [2.05, 4.69) is 4.98 Å². The van der Waals surface area contributed by atoms with E-state index >= 15 is 0 Å². The normalized spacial score (nSPS) is 9.56. The van der Waals surface area contributed by atoms with Crippen LogP contribution in [0.4, 0.5) is 5.82 Å². The fourth-order valence-corrected chi connectivity index (χ4v) is 0.702. The van der Waals surface area contributed by atoms with E-state index in [4.69, 9.17) is 5.73 Å². The number of aromatic amines is 1. The summed E-state index contributed by atoms with van der Waals surface area (Å²) in [7, 11) is 0. The first-order valence-electron chi connectivity index (χ1n) is 2.95. The summed E-state index contributed by atoms with van der Waals surface area (Å²) in [4.78, 5) is 2.92. The Balaban J connectivity index is 3.25. The van der Waals surface area contributed by atoms with Gasteiger partial charge in [0.15, 0.2) is 0 Å². The van der Waals surface area contributed by atoms with Gasteiger partial charge < -0.3 is 0 Å². The molecular formula is C7H11N2+. The van der Waals surface area contributed by atoms with Crippen LogP contribution in [0.25, 0.3) is 0 Å². The van der Waals surface area contributed by atoms with Gasteiger partial charge in [0.1, 0.15) is 0 Å². The summed E-state index contributed by atoms with van der Waals surface area (Å²) in [6.45, 7) is 4.04. The Hall–Kier alpha value is -1.05. The molecule has 2 nitrogen and oxygen atoms in total. The van der Waals surface area contributed by atoms with Crippen LogP contribution in [-0.2, 0) is 0 Å². The van der Waals surface area contributed by atoms with Crippen molar-refractivity contribution in [2.75, 3.05) is 5.73 Å². The van der Waals surface area contributed by atoms with Crippen molar-refractivity contribution in [3.8, 4) is 0 Å². The molecule has 0 aliphatic rings. The van der Waals surface area contributed by atoms with Gasteiger partial charge in [-0.2, -0.15) is 0 Å². The second-order valence-corrected chi connectivity index (χ2v) is 2.20. The molecule has 0 amide bonds. The van der Waals surface area contributed by atoms with Crippen LogP contribution < -0.4 is 10.7 Å². The molecule has 1 rings (SSSR count). The maximum atomic E-state index is 5.57. The van der Waals surface area contributed by atoms with Crippen molar-refractivity contribution in [1.82, 2.24) is 0 Å². The number of hydrogen-bond donors (Lipinski definition) is 1. The molecule has 0 saturated heterocycles. The van der Waals surface area contributed by atoms with E-state index in [-0.39, 0.29) is 0 Å². The molecule has 0 saturated carbocycles. The van der Waals surface area contributed by atoms with E-state index in [0.717, 1.165) is 11.4 Å². The molecule has 0 aliphatic heterocycles. The van der Waals surface area contributed by atoms with E-state index in [0.29, 0.717) is 0 Å². The highest BCUT2D eigenvalue weighted by Gasteiger charge is 1.99. The second kappa shape index (κ2) is 2.05. The van der Waals surface area contributed by atoms with Gasteiger partial charge in [0.05, 0.1) is 6.20 Å². The third-order valence-electron chi connectivity index (χ3n) is 1.57. The minimum Gasteiger partial charge on any atom is -0.287 e. The Morgan fingerprint density at radius 2 is 2.11 bits per heavy atom. The molecule has 0 spiro atoms. The zero-order chi connectivity index (χ0) is 6.85. The Morgan fingerprint density at radius 1 is 1.44 bits per heavy atom. The van der Waals surface area contributed by atoms with Crippen LogP contribution in [0.5, 0.6) is 0 Å². The number of pyridine rings is 1. The average molecular weight is 123 g/mol. The second-order valence-electron chi connectivity index (χ2n) is 2.20. The highest BCUT2D eigenvalue weighted by Crippen LogP contribution is 2.06. The molecule has 0 unspecified atom stereocenters. The first-order valence-corrected chi connectivity index (χ1v) is 2.95. The van der Waals surface area contributed by atoms with E-state index in [1.807, 2.05) is 26.1 Å². The van der Waals surface area contributed by atoms with Gasteiger partial charge in [0, 0.05) is 5.56 Å². The van der Waals surface area contributed by atoms with Crippen molar-refractivity contribution in [3.05, 3.63) is 23.4 Å². The smallest absolute Gasteiger partial charge is 0.273 e. The summed E-state index contributed by atoms with van der Waals surface area (Å²) in [6.07, 6.45) is 1.84. The highest BCUT2D eigenvalue weighted by atomic mass is 14.8. The fourth-order valence-electron chi connectivity index (χ4n) is 0.702. The van der Waals surface area contributed by atoms with Crippen molar-refractivity contribution in [2.45, 2.75) is 13.8 Å². The highest BCUT2D eigenvalue weighted by molar-refractivity contribution is 5.37. The maximum absolute atomic E-state index is 5.57. The quantitative estimate of drug-likeness (QED) is 0.542. The van der Waals surface area contributed by atoms with Gasteiger partial charge in [0.25, 0.3) is 5.82 Å². The number of anilines is 1. The number of H-pyrrole nitrogens is 1. The number of nitrogen functional groups attached to an aromatic ring is 1. The predicted octanol–water partition coefficient (Wildman–Crippen LogP) is 0.700. The zero-order valence-electron chi connectivity index (χ0n) is 5.73. The molecule has 0 radical (unpaired) electrons. The van der Waals surface area contributed by atoms with Gasteiger partial charge in [-0.05, 0) is 25.5 Å². The molecule has 3 N–H and O–H groups in total. The lowest BCUT2D eigenvalue weighted by atomic mass is 10.2. The zero-order valence-corrected chi connectivity index (χ0v) is 5.73. The van der Waals surface area contributed by atoms with Gasteiger partial charge in [-0.15, -0.1) is 0 Å². The number of nitrogens with one attached hydrogen (secondary N) is 1. The van der Waals surface area contributed by atoms with Crippen molar-refractivity contribution in [1.29, 1.82) is 0 Å². The predicted molar refractivity (Wildman–Crippen MR) is 36.9 cm³/mol. The topological polar surface area (TPSA) is 40.2 Å². The summed E-state index contributed by atoms with van der Waals surface area (Å²) in [5.74, 6) is 0.759. The summed E-state index contributed by atoms with van der Waals surface area (Å²) in [5, 5.41) is 0. The first kappa shape index (κ1) is 6.08. The molecule has 1 heterocycles. The van der Waals surface area contributed by atoms with E-state index in [9.17, 15) is 0 Å². The Bertz CT molecular complexity index is 198. The van der Waals surface area contributed by atoms with E-state index in [1.165, 1.54) is 5.56 Å². The van der Waals surface area contributed by atoms with Crippen LogP contribution >= 0.6 is 0 Å². The maximum Gasteiger partial charge on any atom is 0.273 e. The molecule has 2 heteroatoms. The Labute approximate surface area is 54.7 Å². The Morgan fingerprint density at radius 3 is 2.56 bits per heavy atom. The standard InChI is InChI=1S/C7H10N2/c1-5-3-4-9-7(8)6(5)2/h3-4H,1-2H3,(H2,8,9)/p+1. The molecule has 0 atom stereocenters. The lowest BCUT2D eigenvalue weighted by Gasteiger charge is -1.94. The van der Waals surface area contributed by atoms with E-state index in [1.54, 1.807) is 0 Å². The number of nitrogens with two attached hydrogens (primary N) is 1. The van der Waals surface area contributed by atoms with Crippen LogP contribution in [0, 0.1) is 13.8 Å². The number of aromatic nitrogens is 1. The third-order valence-corrected chi connectivity index (χ3v) is 1.57. The molecule has 0 bridgehead atoms. The number of rotatable bonds is 0. The molecule has 0 fully saturated rings. The summed E-state index contributed by atoms with van der Waals surface area (Å²) in [6, 6.07) is 2.01. The van der Waals surface area contributed by atoms with Gasteiger partial charge in [-0.3, -0.25) is 5.73 Å². The first-order chi connectivity index (χ1) is 4.22. The fraction of sp³-hybridized carbons (Fsp3) is 0.286. The lowest BCUT2D eigenvalue weighted by Crippen LogP contribution is -2.11. The molecule has 1 aromatic heterocycles. The lowest BCUT2D eigenvalue weighted by molar-refractivity contribution is -0.360. The summed E-state index contributed by atoms with van der Waals surface area (Å²) < 4.78 is 0. The average Bonchev–Trinajstić information content (AvgIpc) is 1.83. The molecule has 9 heavy (non-hydrogen) atoms. The van der Waals surface area contributed by atoms with Crippen LogP contribution in [0.1, 0.15) is 11.1 Å². The van der Waals surface area contributed by atoms with Crippen LogP contribution in [0.15, 0.2) is 12.3 Å². The molecule has 1 aromatic rings. The number of aryl methyl sites for hydroxylation is 1. The van der Waals surface area contributed by atoms with Crippen LogP contribution in [0.2, 0.25) is 0 Å². The van der Waals surface area contributed by atoms with Gasteiger partial charge in [0.2, 0.25) is 0 Å². The molecular weight excluding hydrogens is 112 g/mol. The van der Waals surface area contributed by atoms with Crippen molar-refractivity contribution >= 4 is 5.82 Å². The van der Waals surface area contributed by atoms with E-state index < -0.39 is 0 Å². The minimum atomic E-state index is 0.759. The van der Waals surface area contributed by atoms with Crippen molar-refractivity contribution < 1.29 is 4.98 Å². The largest absolute Gasteiger partial charge is 0.287 e. The third kappa shape index (κ3) is 1.02.